The number of ether oxygens (including phenoxy) is 1. The third-order valence-electron chi connectivity index (χ3n) is 2.53. The van der Waals surface area contributed by atoms with Gasteiger partial charge in [0.1, 0.15) is 5.60 Å². The summed E-state index contributed by atoms with van der Waals surface area (Å²) in [6.45, 7) is 6.14. The van der Waals surface area contributed by atoms with E-state index >= 15 is 0 Å². The van der Waals surface area contributed by atoms with E-state index in [0.29, 0.717) is 6.54 Å². The molecule has 0 aliphatic carbocycles. The molecule has 0 saturated heterocycles. The van der Waals surface area contributed by atoms with Gasteiger partial charge in [-0.1, -0.05) is 12.1 Å². The third kappa shape index (κ3) is 6.13. The quantitative estimate of drug-likeness (QED) is 0.909. The van der Waals surface area contributed by atoms with E-state index < -0.39 is 5.60 Å². The Morgan fingerprint density at radius 3 is 2.26 bits per heavy atom. The topological polar surface area (TPSA) is 41.6 Å². The predicted molar refractivity (Wildman–Crippen MR) is 78.7 cm³/mol. The number of rotatable bonds is 4. The highest BCUT2D eigenvalue weighted by molar-refractivity contribution is 5.67. The second-order valence-electron chi connectivity index (χ2n) is 5.74. The zero-order valence-electron chi connectivity index (χ0n) is 12.5. The molecule has 0 aromatic heterocycles. The summed E-state index contributed by atoms with van der Waals surface area (Å²) in [7, 11) is 4.03. The normalized spacial score (nSPS) is 11.0. The summed E-state index contributed by atoms with van der Waals surface area (Å²) < 4.78 is 5.17. The first-order valence-electron chi connectivity index (χ1n) is 6.51. The number of hydrogen-bond donors (Lipinski definition) is 1. The Balaban J connectivity index is 2.35. The average molecular weight is 264 g/mol. The molecule has 0 aliphatic rings. The standard InChI is InChI=1S/C15H24N2O2/c1-15(2,3)19-14(18)16-11-10-12-6-8-13(9-7-12)17(4)5/h6-9H,10-11H2,1-5H3,(H,16,18). The highest BCUT2D eigenvalue weighted by Crippen LogP contribution is 2.12. The molecule has 106 valence electrons. The summed E-state index contributed by atoms with van der Waals surface area (Å²) in [5.41, 5.74) is 1.92. The van der Waals surface area contributed by atoms with E-state index in [1.54, 1.807) is 0 Å². The van der Waals surface area contributed by atoms with Gasteiger partial charge in [0, 0.05) is 26.3 Å². The number of nitrogens with zero attached hydrogens (tertiary/aromatic N) is 1. The Morgan fingerprint density at radius 1 is 1.21 bits per heavy atom. The minimum absolute atomic E-state index is 0.364. The van der Waals surface area contributed by atoms with Crippen molar-refractivity contribution in [1.29, 1.82) is 0 Å². The van der Waals surface area contributed by atoms with E-state index in [1.165, 1.54) is 11.3 Å². The number of hydrogen-bond acceptors (Lipinski definition) is 3. The Hall–Kier alpha value is -1.71. The van der Waals surface area contributed by atoms with Crippen molar-refractivity contribution in [2.24, 2.45) is 0 Å². The molecule has 1 amide bonds. The van der Waals surface area contributed by atoms with E-state index in [-0.39, 0.29) is 6.09 Å². The summed E-state index contributed by atoms with van der Waals surface area (Å²) in [5.74, 6) is 0. The zero-order valence-corrected chi connectivity index (χ0v) is 12.5. The molecule has 1 rings (SSSR count). The second-order valence-corrected chi connectivity index (χ2v) is 5.74. The van der Waals surface area contributed by atoms with Crippen LogP contribution in [-0.2, 0) is 11.2 Å². The van der Waals surface area contributed by atoms with E-state index in [9.17, 15) is 4.79 Å². The van der Waals surface area contributed by atoms with E-state index in [4.69, 9.17) is 4.74 Å². The Kier molecular flexibility index (Phi) is 5.21. The summed E-state index contributed by atoms with van der Waals surface area (Å²) in [6, 6.07) is 8.30. The molecular weight excluding hydrogens is 240 g/mol. The number of alkyl carbamates (subject to hydrolysis) is 1. The molecule has 4 heteroatoms. The number of amides is 1. The predicted octanol–water partition coefficient (Wildman–Crippen LogP) is 2.82. The van der Waals surface area contributed by atoms with Crippen LogP contribution in [0.2, 0.25) is 0 Å². The van der Waals surface area contributed by atoms with Crippen molar-refractivity contribution in [1.82, 2.24) is 5.32 Å². The molecule has 0 aliphatic heterocycles. The lowest BCUT2D eigenvalue weighted by Crippen LogP contribution is -2.33. The fraction of sp³-hybridized carbons (Fsp3) is 0.533. The maximum atomic E-state index is 11.5. The largest absolute Gasteiger partial charge is 0.444 e. The van der Waals surface area contributed by atoms with Crippen LogP contribution >= 0.6 is 0 Å². The molecule has 1 aromatic carbocycles. The lowest BCUT2D eigenvalue weighted by molar-refractivity contribution is 0.0528. The van der Waals surface area contributed by atoms with Gasteiger partial charge in [-0.25, -0.2) is 4.79 Å². The molecule has 0 fully saturated rings. The molecule has 1 aromatic rings. The fourth-order valence-electron chi connectivity index (χ4n) is 1.58. The van der Waals surface area contributed by atoms with E-state index in [0.717, 1.165) is 6.42 Å². The first-order chi connectivity index (χ1) is 8.78. The summed E-state index contributed by atoms with van der Waals surface area (Å²) >= 11 is 0. The zero-order chi connectivity index (χ0) is 14.5. The molecule has 19 heavy (non-hydrogen) atoms. The fourth-order valence-corrected chi connectivity index (χ4v) is 1.58. The number of benzene rings is 1. The van der Waals surface area contributed by atoms with Crippen LogP contribution in [0.1, 0.15) is 26.3 Å². The highest BCUT2D eigenvalue weighted by atomic mass is 16.6. The molecule has 0 bridgehead atoms. The van der Waals surface area contributed by atoms with Crippen molar-refractivity contribution in [2.75, 3.05) is 25.5 Å². The van der Waals surface area contributed by atoms with Crippen LogP contribution in [0.5, 0.6) is 0 Å². The molecule has 0 spiro atoms. The molecular formula is C15H24N2O2. The van der Waals surface area contributed by atoms with Gasteiger partial charge in [-0.3, -0.25) is 0 Å². The maximum absolute atomic E-state index is 11.5. The van der Waals surface area contributed by atoms with E-state index in [1.807, 2.05) is 34.9 Å². The number of anilines is 1. The number of carbonyl (C=O) groups is 1. The van der Waals surface area contributed by atoms with Crippen LogP contribution in [-0.4, -0.2) is 32.3 Å². The first kappa shape index (κ1) is 15.3. The molecule has 0 atom stereocenters. The number of carbonyl (C=O) groups excluding carboxylic acids is 1. The van der Waals surface area contributed by atoms with Crippen LogP contribution in [0.15, 0.2) is 24.3 Å². The van der Waals surface area contributed by atoms with Gasteiger partial charge in [-0.2, -0.15) is 0 Å². The lowest BCUT2D eigenvalue weighted by atomic mass is 10.1. The molecule has 0 heterocycles. The molecule has 0 saturated carbocycles. The van der Waals surface area contributed by atoms with Gasteiger partial charge in [-0.15, -0.1) is 0 Å². The summed E-state index contributed by atoms with van der Waals surface area (Å²) in [6.07, 6.45) is 0.435. The minimum Gasteiger partial charge on any atom is -0.444 e. The van der Waals surface area contributed by atoms with Crippen molar-refractivity contribution >= 4 is 11.8 Å². The van der Waals surface area contributed by atoms with Crippen LogP contribution < -0.4 is 10.2 Å². The van der Waals surface area contributed by atoms with Gasteiger partial charge in [0.2, 0.25) is 0 Å². The first-order valence-corrected chi connectivity index (χ1v) is 6.51. The van der Waals surface area contributed by atoms with E-state index in [2.05, 4.69) is 34.5 Å². The second kappa shape index (κ2) is 6.45. The van der Waals surface area contributed by atoms with Crippen molar-refractivity contribution in [3.05, 3.63) is 29.8 Å². The summed E-state index contributed by atoms with van der Waals surface area (Å²) in [5, 5.41) is 2.75. The lowest BCUT2D eigenvalue weighted by Gasteiger charge is -2.19. The van der Waals surface area contributed by atoms with Gasteiger partial charge in [0.05, 0.1) is 0 Å². The van der Waals surface area contributed by atoms with Crippen molar-refractivity contribution in [2.45, 2.75) is 32.8 Å². The number of nitrogens with one attached hydrogen (secondary N) is 1. The molecule has 1 N–H and O–H groups in total. The molecule has 0 radical (unpaired) electrons. The SMILES string of the molecule is CN(C)c1ccc(CCNC(=O)OC(C)(C)C)cc1. The van der Waals surface area contributed by atoms with Crippen LogP contribution in [0, 0.1) is 0 Å². The van der Waals surface area contributed by atoms with Crippen molar-refractivity contribution in [3.63, 3.8) is 0 Å². The highest BCUT2D eigenvalue weighted by Gasteiger charge is 2.15. The molecule has 0 unspecified atom stereocenters. The van der Waals surface area contributed by atoms with Crippen molar-refractivity contribution in [3.8, 4) is 0 Å². The third-order valence-corrected chi connectivity index (χ3v) is 2.53. The Morgan fingerprint density at radius 2 is 1.79 bits per heavy atom. The van der Waals surface area contributed by atoms with Gasteiger partial charge in [-0.05, 0) is 44.9 Å². The van der Waals surface area contributed by atoms with Gasteiger partial charge >= 0.3 is 6.09 Å². The maximum Gasteiger partial charge on any atom is 0.407 e. The average Bonchev–Trinajstić information content (AvgIpc) is 2.27. The van der Waals surface area contributed by atoms with Gasteiger partial charge < -0.3 is 15.0 Å². The van der Waals surface area contributed by atoms with Crippen LogP contribution in [0.4, 0.5) is 10.5 Å². The van der Waals surface area contributed by atoms with Gasteiger partial charge in [0.25, 0.3) is 0 Å². The monoisotopic (exact) mass is 264 g/mol. The van der Waals surface area contributed by atoms with Crippen LogP contribution in [0.25, 0.3) is 0 Å². The van der Waals surface area contributed by atoms with Crippen LogP contribution in [0.3, 0.4) is 0 Å². The minimum atomic E-state index is -0.447. The smallest absolute Gasteiger partial charge is 0.407 e. The summed E-state index contributed by atoms with van der Waals surface area (Å²) in [4.78, 5) is 13.5. The van der Waals surface area contributed by atoms with Gasteiger partial charge in [0.15, 0.2) is 0 Å². The molecule has 4 nitrogen and oxygen atoms in total. The Labute approximate surface area is 115 Å². The Bertz CT molecular complexity index is 405. The van der Waals surface area contributed by atoms with Crippen molar-refractivity contribution < 1.29 is 9.53 Å².